The molecule has 3 heterocycles. The first kappa shape index (κ1) is 31.1. The van der Waals surface area contributed by atoms with Crippen LogP contribution in [-0.4, -0.2) is 71.6 Å². The van der Waals surface area contributed by atoms with E-state index in [2.05, 4.69) is 15.5 Å². The third kappa shape index (κ3) is 6.89. The van der Waals surface area contributed by atoms with Gasteiger partial charge in [-0.2, -0.15) is 23.4 Å². The zero-order valence-corrected chi connectivity index (χ0v) is 24.9. The van der Waals surface area contributed by atoms with Gasteiger partial charge in [-0.1, -0.05) is 17.7 Å². The molecule has 14 heteroatoms. The van der Waals surface area contributed by atoms with Crippen LogP contribution in [-0.2, 0) is 16.6 Å². The number of rotatable bonds is 10. The number of benzene rings is 2. The van der Waals surface area contributed by atoms with Crippen molar-refractivity contribution in [2.45, 2.75) is 24.6 Å². The minimum absolute atomic E-state index is 0.00236. The van der Waals surface area contributed by atoms with Gasteiger partial charge < -0.3 is 14.8 Å². The molecule has 0 saturated heterocycles. The van der Waals surface area contributed by atoms with Crippen molar-refractivity contribution >= 4 is 40.3 Å². The second-order valence-electron chi connectivity index (χ2n) is 10.4. The van der Waals surface area contributed by atoms with E-state index in [0.29, 0.717) is 27.4 Å². The highest BCUT2D eigenvalue weighted by molar-refractivity contribution is 6.31. The predicted molar refractivity (Wildman–Crippen MR) is 161 cm³/mol. The fourth-order valence-electron chi connectivity index (χ4n) is 5.30. The summed E-state index contributed by atoms with van der Waals surface area (Å²) >= 11 is 6.33. The molecule has 0 saturated carbocycles. The molecule has 2 aromatic carbocycles. The molecule has 0 bridgehead atoms. The number of aromatic nitrogens is 3. The molecule has 2 unspecified atom stereocenters. The van der Waals surface area contributed by atoms with Gasteiger partial charge >= 0.3 is 6.18 Å². The van der Waals surface area contributed by atoms with Gasteiger partial charge in [0, 0.05) is 79.8 Å². The van der Waals surface area contributed by atoms with E-state index in [0.717, 1.165) is 15.9 Å². The number of alkyl halides is 3. The maximum absolute atomic E-state index is 13.6. The van der Waals surface area contributed by atoms with Crippen molar-refractivity contribution in [3.63, 3.8) is 0 Å². The monoisotopic (exact) mass is 630 g/mol. The Bertz CT molecular complexity index is 1770. The molecule has 0 spiro atoms. The molecule has 2 atom stereocenters. The van der Waals surface area contributed by atoms with Crippen LogP contribution in [0.5, 0.6) is 5.75 Å². The molecule has 10 nitrogen and oxygen atoms in total. The highest BCUT2D eigenvalue weighted by Crippen LogP contribution is 2.38. The zero-order valence-electron chi connectivity index (χ0n) is 24.1. The molecule has 1 aliphatic heterocycles. The first-order valence-electron chi connectivity index (χ1n) is 13.6. The second-order valence-corrected chi connectivity index (χ2v) is 10.9. The lowest BCUT2D eigenvalue weighted by Gasteiger charge is -2.22. The van der Waals surface area contributed by atoms with Crippen molar-refractivity contribution in [3.8, 4) is 16.9 Å². The van der Waals surface area contributed by atoms with E-state index in [4.69, 9.17) is 21.1 Å². The highest BCUT2D eigenvalue weighted by Gasteiger charge is 2.34. The Morgan fingerprint density at radius 3 is 2.66 bits per heavy atom. The van der Waals surface area contributed by atoms with E-state index in [1.165, 1.54) is 37.3 Å². The summed E-state index contributed by atoms with van der Waals surface area (Å²) < 4.78 is 52.8. The summed E-state index contributed by atoms with van der Waals surface area (Å²) in [6.45, 7) is -0.981. The fourth-order valence-corrected chi connectivity index (χ4v) is 5.47. The number of hydrogen-bond acceptors (Lipinski definition) is 7. The van der Waals surface area contributed by atoms with Crippen LogP contribution in [0.25, 0.3) is 22.0 Å². The van der Waals surface area contributed by atoms with Crippen LogP contribution in [0.1, 0.15) is 23.9 Å². The molecule has 0 fully saturated rings. The summed E-state index contributed by atoms with van der Waals surface area (Å²) in [5.41, 5.74) is 2.32. The van der Waals surface area contributed by atoms with Crippen molar-refractivity contribution in [1.82, 2.24) is 19.4 Å². The van der Waals surface area contributed by atoms with Gasteiger partial charge in [0.1, 0.15) is 18.3 Å². The minimum Gasteiger partial charge on any atom is -0.495 e. The Hall–Kier alpha value is -4.36. The summed E-state index contributed by atoms with van der Waals surface area (Å²) in [5, 5.41) is 13.3. The summed E-state index contributed by atoms with van der Waals surface area (Å²) in [7, 11) is 4.73. The van der Waals surface area contributed by atoms with Gasteiger partial charge in [-0.25, -0.2) is 0 Å². The Kier molecular flexibility index (Phi) is 8.97. The lowest BCUT2D eigenvalue weighted by Crippen LogP contribution is -2.34. The molecule has 4 aromatic rings. The first-order chi connectivity index (χ1) is 21.0. The number of nitrogens with zero attached hydrogens (tertiary/aromatic N) is 5. The van der Waals surface area contributed by atoms with Gasteiger partial charge in [-0.15, -0.1) is 0 Å². The number of carbonyl (C=O) groups is 1. The average molecular weight is 631 g/mol. The van der Waals surface area contributed by atoms with Gasteiger partial charge in [0.05, 0.1) is 18.8 Å². The number of halogens is 4. The average Bonchev–Trinajstić information content (AvgIpc) is 3.57. The Morgan fingerprint density at radius 2 is 1.93 bits per heavy atom. The van der Waals surface area contributed by atoms with Crippen LogP contribution in [0.2, 0.25) is 5.02 Å². The molecular formula is C30H30ClF3N6O4. The maximum atomic E-state index is 13.6. The van der Waals surface area contributed by atoms with Crippen LogP contribution in [0.15, 0.2) is 64.8 Å². The van der Waals surface area contributed by atoms with E-state index in [-0.39, 0.29) is 25.3 Å². The molecule has 232 valence electrons. The number of ether oxygens (including phenoxy) is 2. The summed E-state index contributed by atoms with van der Waals surface area (Å²) in [4.78, 5) is 27.2. The van der Waals surface area contributed by atoms with Gasteiger partial charge in [-0.05, 0) is 41.5 Å². The number of methoxy groups -OCH3 is 2. The van der Waals surface area contributed by atoms with E-state index in [1.54, 1.807) is 48.1 Å². The van der Waals surface area contributed by atoms with Crippen LogP contribution >= 0.6 is 11.6 Å². The molecule has 2 aromatic heterocycles. The zero-order chi connectivity index (χ0) is 31.6. The lowest BCUT2D eigenvalue weighted by molar-refractivity contribution is -0.144. The third-order valence-electron chi connectivity index (χ3n) is 7.27. The fraction of sp³-hybridized carbons (Fsp3) is 0.333. The van der Waals surface area contributed by atoms with E-state index >= 15 is 0 Å². The molecule has 5 rings (SSSR count). The topological polar surface area (TPSA) is 103 Å². The molecular weight excluding hydrogens is 601 g/mol. The van der Waals surface area contributed by atoms with Crippen molar-refractivity contribution in [1.29, 1.82) is 0 Å². The Balaban J connectivity index is 1.49. The van der Waals surface area contributed by atoms with Crippen molar-refractivity contribution in [2.24, 2.45) is 12.1 Å². The van der Waals surface area contributed by atoms with Gasteiger partial charge in [-0.3, -0.25) is 23.8 Å². The summed E-state index contributed by atoms with van der Waals surface area (Å²) in [6.07, 6.45) is 0.512. The number of aryl methyl sites for hydroxylation is 1. The largest absolute Gasteiger partial charge is 0.495 e. The number of amides is 1. The summed E-state index contributed by atoms with van der Waals surface area (Å²) in [6, 6.07) is 10.7. The molecule has 1 amide bonds. The number of anilines is 1. The predicted octanol–water partition coefficient (Wildman–Crippen LogP) is 5.23. The third-order valence-corrected chi connectivity index (χ3v) is 7.50. The molecule has 1 aliphatic rings. The van der Waals surface area contributed by atoms with Crippen LogP contribution < -0.4 is 15.6 Å². The van der Waals surface area contributed by atoms with Gasteiger partial charge in [0.15, 0.2) is 0 Å². The van der Waals surface area contributed by atoms with E-state index in [9.17, 15) is 22.8 Å². The standard InChI is InChI=1S/C30H30ClF3N6O4/c1-38-14-18-10-21(5-7-25(18)37-38)36-29(42)26(8-9-43-2)40-16-27(44-3)24(12-28(40)41)23-11-20(31)4-6-22(23)19-13-35-39(15-19)17-30(32,33)34/h4-7,10-14,16,19,26H,8-9,15,17H2,1-3H3,(H,36,42). The van der Waals surface area contributed by atoms with E-state index in [1.807, 2.05) is 6.20 Å². The molecule has 44 heavy (non-hydrogen) atoms. The van der Waals surface area contributed by atoms with Crippen LogP contribution in [0.4, 0.5) is 18.9 Å². The Morgan fingerprint density at radius 1 is 1.14 bits per heavy atom. The molecule has 1 N–H and O–H groups in total. The van der Waals surface area contributed by atoms with Crippen LogP contribution in [0.3, 0.4) is 0 Å². The van der Waals surface area contributed by atoms with Crippen LogP contribution in [0, 0.1) is 0 Å². The number of pyridine rings is 1. The first-order valence-corrected chi connectivity index (χ1v) is 14.0. The number of hydrazone groups is 1. The quantitative estimate of drug-likeness (QED) is 0.258. The second kappa shape index (κ2) is 12.7. The van der Waals surface area contributed by atoms with Crippen molar-refractivity contribution in [3.05, 3.63) is 75.8 Å². The number of fused-ring (bicyclic) bond motifs is 1. The molecule has 0 radical (unpaired) electrons. The van der Waals surface area contributed by atoms with Gasteiger partial charge in [0.2, 0.25) is 5.91 Å². The van der Waals surface area contributed by atoms with Gasteiger partial charge in [0.25, 0.3) is 5.56 Å². The maximum Gasteiger partial charge on any atom is 0.407 e. The normalized spacial score (nSPS) is 15.6. The number of carbonyl (C=O) groups excluding carboxylic acids is 1. The number of hydrogen-bond donors (Lipinski definition) is 1. The SMILES string of the molecule is COCCC(C(=O)Nc1ccc2nn(C)cc2c1)n1cc(OC)c(-c2cc(Cl)ccc2C2C=NN(CC(F)(F)F)C2)cc1=O. The molecule has 0 aliphatic carbocycles. The highest BCUT2D eigenvalue weighted by atomic mass is 35.5. The van der Waals surface area contributed by atoms with Crippen molar-refractivity contribution < 1.29 is 27.4 Å². The van der Waals surface area contributed by atoms with E-state index < -0.39 is 36.1 Å². The Labute approximate surface area is 255 Å². The summed E-state index contributed by atoms with van der Waals surface area (Å²) in [5.74, 6) is -0.658. The van der Waals surface area contributed by atoms with Crippen molar-refractivity contribution in [2.75, 3.05) is 39.2 Å². The number of nitrogens with one attached hydrogen (secondary N) is 1. The lowest BCUT2D eigenvalue weighted by atomic mass is 9.91. The minimum atomic E-state index is -4.40. The smallest absolute Gasteiger partial charge is 0.407 e.